The lowest BCUT2D eigenvalue weighted by atomic mass is 10.1. The van der Waals surface area contributed by atoms with Crippen LogP contribution in [0.1, 0.15) is 18.4 Å². The van der Waals surface area contributed by atoms with E-state index in [9.17, 15) is 9.59 Å². The summed E-state index contributed by atoms with van der Waals surface area (Å²) in [5.41, 5.74) is 3.01. The van der Waals surface area contributed by atoms with E-state index < -0.39 is 5.91 Å². The summed E-state index contributed by atoms with van der Waals surface area (Å²) in [7, 11) is 1.60. The Kier molecular flexibility index (Phi) is 7.23. The van der Waals surface area contributed by atoms with Gasteiger partial charge in [-0.05, 0) is 60.9 Å². The lowest BCUT2D eigenvalue weighted by molar-refractivity contribution is -0.124. The van der Waals surface area contributed by atoms with E-state index in [0.29, 0.717) is 13.1 Å². The molecular formula is C21H25N5O4. The van der Waals surface area contributed by atoms with Gasteiger partial charge in [-0.2, -0.15) is 0 Å². The fourth-order valence-corrected chi connectivity index (χ4v) is 3.11. The minimum absolute atomic E-state index is 0.111. The number of piperidine rings is 1. The summed E-state index contributed by atoms with van der Waals surface area (Å²) < 4.78 is 5.12. The Morgan fingerprint density at radius 3 is 2.50 bits per heavy atom. The summed E-state index contributed by atoms with van der Waals surface area (Å²) in [6.07, 6.45) is 6.05. The summed E-state index contributed by atoms with van der Waals surface area (Å²) in [5.74, 6) is 0.882. The molecule has 2 aromatic rings. The third-order valence-electron chi connectivity index (χ3n) is 4.80. The molecule has 9 heteroatoms. The molecule has 0 aliphatic carbocycles. The zero-order valence-corrected chi connectivity index (χ0v) is 16.7. The number of ether oxygens (including phenoxy) is 1. The van der Waals surface area contributed by atoms with Crippen LogP contribution in [-0.2, 0) is 4.79 Å². The van der Waals surface area contributed by atoms with Gasteiger partial charge in [-0.3, -0.25) is 10.0 Å². The first kappa shape index (κ1) is 21.1. The van der Waals surface area contributed by atoms with E-state index in [-0.39, 0.29) is 12.1 Å². The van der Waals surface area contributed by atoms with Crippen LogP contribution in [0, 0.1) is 0 Å². The lowest BCUT2D eigenvalue weighted by Crippen LogP contribution is -2.44. The van der Waals surface area contributed by atoms with Gasteiger partial charge >= 0.3 is 6.03 Å². The molecule has 30 heavy (non-hydrogen) atoms. The highest BCUT2D eigenvalue weighted by Gasteiger charge is 2.23. The smallest absolute Gasteiger partial charge is 0.321 e. The van der Waals surface area contributed by atoms with E-state index in [0.717, 1.165) is 35.7 Å². The van der Waals surface area contributed by atoms with Crippen molar-refractivity contribution >= 4 is 29.5 Å². The number of carbonyl (C=O) groups excluding carboxylic acids is 2. The van der Waals surface area contributed by atoms with E-state index in [1.807, 2.05) is 24.3 Å². The minimum atomic E-state index is -0.597. The zero-order valence-electron chi connectivity index (χ0n) is 16.7. The van der Waals surface area contributed by atoms with Crippen molar-refractivity contribution < 1.29 is 19.5 Å². The highest BCUT2D eigenvalue weighted by Crippen LogP contribution is 2.19. The molecule has 1 saturated heterocycles. The number of benzene rings is 1. The largest absolute Gasteiger partial charge is 0.497 e. The van der Waals surface area contributed by atoms with Crippen LogP contribution >= 0.6 is 0 Å². The first-order valence-corrected chi connectivity index (χ1v) is 9.62. The van der Waals surface area contributed by atoms with Gasteiger partial charge < -0.3 is 20.3 Å². The maximum atomic E-state index is 12.5. The molecule has 158 valence electrons. The third-order valence-corrected chi connectivity index (χ3v) is 4.80. The SMILES string of the molecule is COc1ccc(NC(=O)N2CCC(Nc3ccc(/C=C/C(=O)NO)cn3)CC2)cc1. The summed E-state index contributed by atoms with van der Waals surface area (Å²) >= 11 is 0. The second kappa shape index (κ2) is 10.3. The lowest BCUT2D eigenvalue weighted by Gasteiger charge is -2.32. The number of rotatable bonds is 6. The number of pyridine rings is 1. The molecule has 1 aromatic heterocycles. The fraction of sp³-hybridized carbons (Fsp3) is 0.286. The van der Waals surface area contributed by atoms with Gasteiger partial charge in [-0.15, -0.1) is 0 Å². The van der Waals surface area contributed by atoms with Gasteiger partial charge in [0.05, 0.1) is 7.11 Å². The average molecular weight is 411 g/mol. The second-order valence-electron chi connectivity index (χ2n) is 6.85. The Labute approximate surface area is 174 Å². The number of hydrogen-bond acceptors (Lipinski definition) is 6. The molecule has 0 spiro atoms. The van der Waals surface area contributed by atoms with Crippen LogP contribution in [0.5, 0.6) is 5.75 Å². The summed E-state index contributed by atoms with van der Waals surface area (Å²) in [4.78, 5) is 29.6. The molecule has 1 aromatic carbocycles. The molecule has 2 heterocycles. The number of urea groups is 1. The number of nitrogens with zero attached hydrogens (tertiary/aromatic N) is 2. The number of hydroxylamine groups is 1. The molecule has 1 aliphatic rings. The third kappa shape index (κ3) is 5.95. The van der Waals surface area contributed by atoms with Crippen molar-refractivity contribution in [3.63, 3.8) is 0 Å². The Balaban J connectivity index is 1.45. The number of amides is 3. The van der Waals surface area contributed by atoms with Gasteiger partial charge in [-0.1, -0.05) is 0 Å². The van der Waals surface area contributed by atoms with Gasteiger partial charge in [0, 0.05) is 37.1 Å². The standard InChI is InChI=1S/C21H25N5O4/c1-30-18-6-4-16(5-7-18)24-21(28)26-12-10-17(11-13-26)23-19-8-2-15(14-22-19)3-9-20(27)25-29/h2-9,14,17,29H,10-13H2,1H3,(H,22,23)(H,24,28)(H,25,27)/b9-3+. The number of anilines is 2. The molecule has 3 amide bonds. The summed E-state index contributed by atoms with van der Waals surface area (Å²) in [6, 6.07) is 11.0. The Bertz CT molecular complexity index is 875. The van der Waals surface area contributed by atoms with Crippen molar-refractivity contribution in [2.24, 2.45) is 0 Å². The van der Waals surface area contributed by atoms with Gasteiger partial charge in [0.25, 0.3) is 5.91 Å². The van der Waals surface area contributed by atoms with Crippen molar-refractivity contribution in [1.29, 1.82) is 0 Å². The van der Waals surface area contributed by atoms with Crippen molar-refractivity contribution in [2.75, 3.05) is 30.8 Å². The van der Waals surface area contributed by atoms with Crippen LogP contribution in [0.4, 0.5) is 16.3 Å². The molecule has 9 nitrogen and oxygen atoms in total. The van der Waals surface area contributed by atoms with E-state index in [1.165, 1.54) is 11.6 Å². The maximum absolute atomic E-state index is 12.5. The number of methoxy groups -OCH3 is 1. The normalized spacial score (nSPS) is 14.4. The van der Waals surface area contributed by atoms with Crippen LogP contribution in [0.25, 0.3) is 6.08 Å². The second-order valence-corrected chi connectivity index (χ2v) is 6.85. The molecule has 0 atom stereocenters. The molecule has 0 saturated carbocycles. The topological polar surface area (TPSA) is 116 Å². The van der Waals surface area contributed by atoms with Crippen LogP contribution < -0.4 is 20.9 Å². The first-order valence-electron chi connectivity index (χ1n) is 9.62. The molecule has 1 aliphatic heterocycles. The van der Waals surface area contributed by atoms with Gasteiger partial charge in [0.15, 0.2) is 0 Å². The predicted molar refractivity (Wildman–Crippen MR) is 113 cm³/mol. The molecule has 0 bridgehead atoms. The van der Waals surface area contributed by atoms with Crippen LogP contribution in [0.3, 0.4) is 0 Å². The number of hydrogen-bond donors (Lipinski definition) is 4. The van der Waals surface area contributed by atoms with E-state index in [4.69, 9.17) is 9.94 Å². The highest BCUT2D eigenvalue weighted by atomic mass is 16.5. The number of carbonyl (C=O) groups is 2. The molecule has 0 unspecified atom stereocenters. The van der Waals surface area contributed by atoms with Crippen molar-refractivity contribution in [3.05, 3.63) is 54.2 Å². The Hall–Kier alpha value is -3.59. The Morgan fingerprint density at radius 2 is 1.90 bits per heavy atom. The van der Waals surface area contributed by atoms with Crippen molar-refractivity contribution in [2.45, 2.75) is 18.9 Å². The van der Waals surface area contributed by atoms with Gasteiger partial charge in [0.1, 0.15) is 11.6 Å². The molecule has 1 fully saturated rings. The fourth-order valence-electron chi connectivity index (χ4n) is 3.11. The zero-order chi connectivity index (χ0) is 21.3. The number of aromatic nitrogens is 1. The molecule has 3 rings (SSSR count). The van der Waals surface area contributed by atoms with E-state index in [2.05, 4.69) is 15.6 Å². The van der Waals surface area contributed by atoms with E-state index >= 15 is 0 Å². The van der Waals surface area contributed by atoms with Crippen molar-refractivity contribution in [3.8, 4) is 5.75 Å². The number of likely N-dealkylation sites (tertiary alicyclic amines) is 1. The summed E-state index contributed by atoms with van der Waals surface area (Å²) in [6.45, 7) is 1.30. The quantitative estimate of drug-likeness (QED) is 0.330. The molecular weight excluding hydrogens is 386 g/mol. The number of nitrogens with one attached hydrogen (secondary N) is 3. The van der Waals surface area contributed by atoms with Crippen LogP contribution in [-0.4, -0.2) is 53.3 Å². The molecule has 0 radical (unpaired) electrons. The van der Waals surface area contributed by atoms with Gasteiger partial charge in [-0.25, -0.2) is 15.3 Å². The first-order chi connectivity index (χ1) is 14.6. The average Bonchev–Trinajstić information content (AvgIpc) is 2.79. The van der Waals surface area contributed by atoms with Gasteiger partial charge in [0.2, 0.25) is 0 Å². The summed E-state index contributed by atoms with van der Waals surface area (Å²) in [5, 5.41) is 14.8. The predicted octanol–water partition coefficient (Wildman–Crippen LogP) is 2.72. The maximum Gasteiger partial charge on any atom is 0.321 e. The van der Waals surface area contributed by atoms with Crippen LogP contribution in [0.2, 0.25) is 0 Å². The van der Waals surface area contributed by atoms with Crippen LogP contribution in [0.15, 0.2) is 48.7 Å². The Morgan fingerprint density at radius 1 is 1.17 bits per heavy atom. The molecule has 4 N–H and O–H groups in total. The minimum Gasteiger partial charge on any atom is -0.497 e. The monoisotopic (exact) mass is 411 g/mol. The van der Waals surface area contributed by atoms with E-state index in [1.54, 1.807) is 36.4 Å². The van der Waals surface area contributed by atoms with Crippen molar-refractivity contribution in [1.82, 2.24) is 15.4 Å². The highest BCUT2D eigenvalue weighted by molar-refractivity contribution is 5.90.